The molecule has 9 nitrogen and oxygen atoms in total. The minimum atomic E-state index is -1.26. The van der Waals surface area contributed by atoms with E-state index in [1.165, 1.54) is 17.2 Å². The number of aliphatic imine (C=N–C) groups is 1. The van der Waals surface area contributed by atoms with Crippen molar-refractivity contribution >= 4 is 28.9 Å². The van der Waals surface area contributed by atoms with E-state index in [4.69, 9.17) is 19.9 Å². The van der Waals surface area contributed by atoms with Crippen LogP contribution in [0.2, 0.25) is 0 Å². The second-order valence-corrected chi connectivity index (χ2v) is 10.4. The summed E-state index contributed by atoms with van der Waals surface area (Å²) in [6.45, 7) is 4.52. The first-order chi connectivity index (χ1) is 19.2. The molecule has 0 radical (unpaired) electrons. The summed E-state index contributed by atoms with van der Waals surface area (Å²) < 4.78 is 31.7. The lowest BCUT2D eigenvalue weighted by atomic mass is 10.0. The first kappa shape index (κ1) is 33.7. The second kappa shape index (κ2) is 17.4. The number of halogens is 2. The minimum Gasteiger partial charge on any atom is -0.493 e. The number of carbonyl (C=O) groups is 2. The molecule has 4 rings (SSSR count). The van der Waals surface area contributed by atoms with Crippen LogP contribution in [0.5, 0.6) is 5.75 Å². The molecule has 0 saturated carbocycles. The highest BCUT2D eigenvalue weighted by Crippen LogP contribution is 2.27. The molecule has 0 spiro atoms. The first-order valence-electron chi connectivity index (χ1n) is 13.1. The fraction of sp³-hybridized carbons (Fsp3) is 0.414. The van der Waals surface area contributed by atoms with Crippen LogP contribution in [0.4, 0.5) is 8.78 Å². The number of hydrogen-bond donors (Lipinski definition) is 2. The molecule has 0 atom stereocenters. The quantitative estimate of drug-likeness (QED) is 0.326. The number of thioether (sulfide) groups is 1. The number of rotatable bonds is 9. The Bertz CT molecular complexity index is 1190. The molecule has 2 aromatic rings. The molecule has 1 saturated heterocycles. The predicted molar refractivity (Wildman–Crippen MR) is 155 cm³/mol. The monoisotopic (exact) mass is 593 g/mol. The average Bonchev–Trinajstić information content (AvgIpc) is 3.17. The highest BCUT2D eigenvalue weighted by molar-refractivity contribution is 8.13. The summed E-state index contributed by atoms with van der Waals surface area (Å²) in [6, 6.07) is 12.8. The number of likely N-dealkylation sites (tertiary alicyclic amines) is 1. The summed E-state index contributed by atoms with van der Waals surface area (Å²) in [5.41, 5.74) is 2.74. The van der Waals surface area contributed by atoms with E-state index < -0.39 is 23.6 Å². The molecule has 0 bridgehead atoms. The van der Waals surface area contributed by atoms with Crippen LogP contribution < -0.4 is 4.74 Å². The Kier molecular flexibility index (Phi) is 14.3. The standard InChI is InChI=1S/C25H31F2N3OS.C4H4O4.H2O/c1-29(25-28-17-19-6-2-3-7-20(19)18-32-25)21-10-13-30(14-11-21)12-4-5-15-31-22-8-9-23(26)24(27)16-22;5-3(6)1-2-4(7)8;/h2-3,6-9,16,21H,4-5,10-15,17-18H2,1H3;1-2H,(H,5,6)(H,7,8);1H2. The van der Waals surface area contributed by atoms with Crippen molar-refractivity contribution in [1.29, 1.82) is 0 Å². The number of hydrogen-bond acceptors (Lipinski definition) is 7. The molecule has 2 aromatic carbocycles. The van der Waals surface area contributed by atoms with Gasteiger partial charge in [-0.3, -0.25) is 4.99 Å². The Hall–Kier alpha value is -3.48. The maximum atomic E-state index is 13.2. The third-order valence-electron chi connectivity index (χ3n) is 6.66. The number of nitrogens with zero attached hydrogens (tertiary/aromatic N) is 3. The van der Waals surface area contributed by atoms with Crippen molar-refractivity contribution in [3.05, 3.63) is 77.4 Å². The molecule has 2 aliphatic heterocycles. The molecule has 4 N–H and O–H groups in total. The SMILES string of the molecule is CN(C1=NCc2ccccc2CS1)C1CCN(CCCCOc2ccc(F)c(F)c2)CC1.O.O=C(O)C=CC(=O)O. The molecule has 12 heteroatoms. The van der Waals surface area contributed by atoms with Crippen LogP contribution in [0.3, 0.4) is 0 Å². The molecule has 41 heavy (non-hydrogen) atoms. The lowest BCUT2D eigenvalue weighted by molar-refractivity contribution is -0.134. The van der Waals surface area contributed by atoms with Gasteiger partial charge in [-0.25, -0.2) is 18.4 Å². The number of carboxylic acids is 2. The maximum absolute atomic E-state index is 13.2. The third kappa shape index (κ3) is 11.5. The van der Waals surface area contributed by atoms with Crippen molar-refractivity contribution in [2.75, 3.05) is 33.3 Å². The van der Waals surface area contributed by atoms with Crippen LogP contribution in [-0.2, 0) is 21.9 Å². The zero-order valence-electron chi connectivity index (χ0n) is 23.0. The highest BCUT2D eigenvalue weighted by atomic mass is 32.2. The molecule has 224 valence electrons. The number of piperidine rings is 1. The molecule has 0 amide bonds. The van der Waals surface area contributed by atoms with Gasteiger partial charge in [0.25, 0.3) is 0 Å². The van der Waals surface area contributed by atoms with Gasteiger partial charge in [0, 0.05) is 50.2 Å². The normalized spacial score (nSPS) is 15.4. The number of unbranched alkanes of at least 4 members (excludes halogenated alkanes) is 1. The number of fused-ring (bicyclic) bond motifs is 1. The van der Waals surface area contributed by atoms with Gasteiger partial charge in [0.1, 0.15) is 5.75 Å². The number of aliphatic carboxylic acids is 2. The van der Waals surface area contributed by atoms with Crippen LogP contribution >= 0.6 is 11.8 Å². The van der Waals surface area contributed by atoms with Crippen LogP contribution in [0.15, 0.2) is 59.6 Å². The van der Waals surface area contributed by atoms with Gasteiger partial charge in [-0.1, -0.05) is 36.0 Å². The number of carboxylic acid groups (broad SMARTS) is 2. The third-order valence-corrected chi connectivity index (χ3v) is 7.79. The maximum Gasteiger partial charge on any atom is 0.328 e. The fourth-order valence-electron chi connectivity index (χ4n) is 4.43. The predicted octanol–water partition coefficient (Wildman–Crippen LogP) is 4.21. The largest absolute Gasteiger partial charge is 0.493 e. The first-order valence-corrected chi connectivity index (χ1v) is 14.1. The zero-order valence-corrected chi connectivity index (χ0v) is 23.8. The molecule has 0 aromatic heterocycles. The molecule has 2 aliphatic rings. The lowest BCUT2D eigenvalue weighted by Gasteiger charge is -2.37. The van der Waals surface area contributed by atoms with E-state index >= 15 is 0 Å². The fourth-order valence-corrected chi connectivity index (χ4v) is 5.50. The molecular formula is C29H37F2N3O6S. The van der Waals surface area contributed by atoms with Gasteiger partial charge < -0.3 is 30.2 Å². The van der Waals surface area contributed by atoms with Gasteiger partial charge in [-0.2, -0.15) is 0 Å². The van der Waals surface area contributed by atoms with Gasteiger partial charge in [0.15, 0.2) is 16.8 Å². The van der Waals surface area contributed by atoms with Crippen molar-refractivity contribution in [2.24, 2.45) is 4.99 Å². The number of amidine groups is 1. The van der Waals surface area contributed by atoms with E-state index in [-0.39, 0.29) is 5.48 Å². The van der Waals surface area contributed by atoms with Gasteiger partial charge in [-0.15, -0.1) is 0 Å². The van der Waals surface area contributed by atoms with Crippen LogP contribution in [0.1, 0.15) is 36.8 Å². The van der Waals surface area contributed by atoms with Crippen molar-refractivity contribution in [1.82, 2.24) is 9.80 Å². The summed E-state index contributed by atoms with van der Waals surface area (Å²) in [7, 11) is 2.19. The van der Waals surface area contributed by atoms with Gasteiger partial charge in [0.2, 0.25) is 0 Å². The Morgan fingerprint density at radius 1 is 1.05 bits per heavy atom. The van der Waals surface area contributed by atoms with Crippen molar-refractivity contribution < 1.29 is 38.8 Å². The van der Waals surface area contributed by atoms with E-state index in [9.17, 15) is 18.4 Å². The van der Waals surface area contributed by atoms with E-state index in [1.54, 1.807) is 0 Å². The lowest BCUT2D eigenvalue weighted by Crippen LogP contribution is -2.45. The van der Waals surface area contributed by atoms with E-state index in [0.29, 0.717) is 30.6 Å². The summed E-state index contributed by atoms with van der Waals surface area (Å²) in [5, 5.41) is 16.8. The second-order valence-electron chi connectivity index (χ2n) is 9.48. The molecule has 2 heterocycles. The van der Waals surface area contributed by atoms with E-state index in [1.807, 2.05) is 11.8 Å². The van der Waals surface area contributed by atoms with Crippen LogP contribution in [0.25, 0.3) is 0 Å². The smallest absolute Gasteiger partial charge is 0.328 e. The summed E-state index contributed by atoms with van der Waals surface area (Å²) in [5.74, 6) is -2.85. The molecule has 1 fully saturated rings. The van der Waals surface area contributed by atoms with E-state index in [0.717, 1.165) is 74.9 Å². The number of ether oxygens (including phenoxy) is 1. The Morgan fingerprint density at radius 3 is 2.34 bits per heavy atom. The molecule has 0 unspecified atom stereocenters. The average molecular weight is 594 g/mol. The van der Waals surface area contributed by atoms with Crippen molar-refractivity contribution in [2.45, 2.75) is 44.0 Å². The molecule has 0 aliphatic carbocycles. The number of benzene rings is 2. The Balaban J connectivity index is 0.000000574. The topological polar surface area (TPSA) is 134 Å². The minimum absolute atomic E-state index is 0. The van der Waals surface area contributed by atoms with Crippen molar-refractivity contribution in [3.8, 4) is 5.75 Å². The van der Waals surface area contributed by atoms with Crippen LogP contribution in [-0.4, -0.2) is 81.9 Å². The Labute approximate surface area is 242 Å². The Morgan fingerprint density at radius 2 is 1.71 bits per heavy atom. The summed E-state index contributed by atoms with van der Waals surface area (Å²) in [4.78, 5) is 28.9. The van der Waals surface area contributed by atoms with Crippen LogP contribution in [0, 0.1) is 11.6 Å². The highest BCUT2D eigenvalue weighted by Gasteiger charge is 2.25. The van der Waals surface area contributed by atoms with Gasteiger partial charge >= 0.3 is 11.9 Å². The van der Waals surface area contributed by atoms with Crippen molar-refractivity contribution in [3.63, 3.8) is 0 Å². The summed E-state index contributed by atoms with van der Waals surface area (Å²) >= 11 is 1.85. The van der Waals surface area contributed by atoms with E-state index in [2.05, 4.69) is 41.1 Å². The molecular weight excluding hydrogens is 556 g/mol. The van der Waals surface area contributed by atoms with Gasteiger partial charge in [-0.05, 0) is 55.5 Å². The van der Waals surface area contributed by atoms with Gasteiger partial charge in [0.05, 0.1) is 13.2 Å². The summed E-state index contributed by atoms with van der Waals surface area (Å²) in [6.07, 6.45) is 5.34. The zero-order chi connectivity index (χ0) is 28.9.